The molecule has 0 bridgehead atoms. The van der Waals surface area contributed by atoms with Crippen molar-refractivity contribution >= 4 is 23.4 Å². The topological polar surface area (TPSA) is 45.2 Å². The van der Waals surface area contributed by atoms with Crippen molar-refractivity contribution in [3.05, 3.63) is 24.0 Å². The largest absolute Gasteiger partial charge is 0.385 e. The van der Waals surface area contributed by atoms with Gasteiger partial charge in [-0.15, -0.1) is 0 Å². The van der Waals surface area contributed by atoms with Gasteiger partial charge in [-0.1, -0.05) is 0 Å². The van der Waals surface area contributed by atoms with E-state index < -0.39 is 0 Å². The summed E-state index contributed by atoms with van der Waals surface area (Å²) in [6, 6.07) is 2.08. The molecular weight excluding hydrogens is 258 g/mol. The van der Waals surface area contributed by atoms with E-state index in [2.05, 4.69) is 23.5 Å². The smallest absolute Gasteiger partial charge is 0.257 e. The van der Waals surface area contributed by atoms with Gasteiger partial charge < -0.3 is 10.2 Å². The summed E-state index contributed by atoms with van der Waals surface area (Å²) in [5, 5.41) is 3.20. The van der Waals surface area contributed by atoms with Crippen LogP contribution >= 0.6 is 11.8 Å². The number of carbonyl (C=O) groups is 1. The molecule has 0 saturated carbocycles. The Morgan fingerprint density at radius 1 is 1.58 bits per heavy atom. The highest BCUT2D eigenvalue weighted by Gasteiger charge is 2.19. The molecule has 1 aromatic rings. The molecule has 1 aromatic heterocycles. The van der Waals surface area contributed by atoms with Crippen molar-refractivity contribution in [1.29, 1.82) is 0 Å². The molecule has 1 unspecified atom stereocenters. The highest BCUT2D eigenvalue weighted by Crippen LogP contribution is 2.17. The molecule has 1 heterocycles. The van der Waals surface area contributed by atoms with Crippen LogP contribution in [0.5, 0.6) is 0 Å². The second kappa shape index (κ2) is 8.04. The number of thioether (sulfide) groups is 1. The van der Waals surface area contributed by atoms with E-state index in [1.165, 1.54) is 0 Å². The van der Waals surface area contributed by atoms with E-state index >= 15 is 0 Å². The number of aromatic nitrogens is 1. The fourth-order valence-electron chi connectivity index (χ4n) is 1.78. The number of rotatable bonds is 7. The van der Waals surface area contributed by atoms with Crippen LogP contribution in [0.4, 0.5) is 5.69 Å². The second-order valence-electron chi connectivity index (χ2n) is 4.50. The number of pyridine rings is 1. The Kier molecular flexibility index (Phi) is 6.70. The molecule has 0 radical (unpaired) electrons. The molecule has 0 aliphatic heterocycles. The summed E-state index contributed by atoms with van der Waals surface area (Å²) >= 11 is 1.80. The molecular formula is C14H23N3OS. The molecule has 0 saturated heterocycles. The maximum absolute atomic E-state index is 12.5. The molecule has 0 aliphatic rings. The quantitative estimate of drug-likeness (QED) is 0.834. The molecule has 1 amide bonds. The molecule has 0 fully saturated rings. The highest BCUT2D eigenvalue weighted by molar-refractivity contribution is 7.98. The Morgan fingerprint density at radius 3 is 2.95 bits per heavy atom. The van der Waals surface area contributed by atoms with Crippen LogP contribution in [0.15, 0.2) is 18.5 Å². The predicted octanol–water partition coefficient (Wildman–Crippen LogP) is 2.73. The van der Waals surface area contributed by atoms with Gasteiger partial charge in [0.05, 0.1) is 11.3 Å². The predicted molar refractivity (Wildman–Crippen MR) is 83.0 cm³/mol. The number of nitrogens with zero attached hydrogens (tertiary/aromatic N) is 2. The Morgan fingerprint density at radius 2 is 2.32 bits per heavy atom. The van der Waals surface area contributed by atoms with Gasteiger partial charge in [-0.25, -0.2) is 0 Å². The number of nitrogens with one attached hydrogen (secondary N) is 1. The number of hydrogen-bond donors (Lipinski definition) is 1. The van der Waals surface area contributed by atoms with Gasteiger partial charge in [0.25, 0.3) is 5.91 Å². The summed E-state index contributed by atoms with van der Waals surface area (Å²) in [6.45, 7) is 4.88. The molecule has 0 spiro atoms. The van der Waals surface area contributed by atoms with Gasteiger partial charge in [0.1, 0.15) is 0 Å². The monoisotopic (exact) mass is 281 g/mol. The van der Waals surface area contributed by atoms with Crippen LogP contribution in [0.25, 0.3) is 0 Å². The minimum absolute atomic E-state index is 0.0256. The van der Waals surface area contributed by atoms with Crippen LogP contribution in [-0.4, -0.2) is 47.4 Å². The summed E-state index contributed by atoms with van der Waals surface area (Å²) in [6.07, 6.45) is 6.42. The standard InChI is InChI=1S/C14H23N3OS/c1-5-16-13-6-8-15-10-12(13)14(18)17(3)11(2)7-9-19-4/h6,8,10-11H,5,7,9H2,1-4H3,(H,15,16). The molecule has 106 valence electrons. The number of anilines is 1. The Balaban J connectivity index is 2.81. The van der Waals surface area contributed by atoms with Crippen molar-refractivity contribution in [2.75, 3.05) is 30.9 Å². The van der Waals surface area contributed by atoms with Gasteiger partial charge in [-0.2, -0.15) is 11.8 Å². The fourth-order valence-corrected chi connectivity index (χ4v) is 2.36. The van der Waals surface area contributed by atoms with Crippen molar-refractivity contribution in [3.8, 4) is 0 Å². The first-order valence-electron chi connectivity index (χ1n) is 6.55. The fraction of sp³-hybridized carbons (Fsp3) is 0.571. The molecule has 0 aromatic carbocycles. The van der Waals surface area contributed by atoms with Gasteiger partial charge in [-0.3, -0.25) is 9.78 Å². The summed E-state index contributed by atoms with van der Waals surface area (Å²) < 4.78 is 0. The summed E-state index contributed by atoms with van der Waals surface area (Å²) in [7, 11) is 1.86. The van der Waals surface area contributed by atoms with Crippen LogP contribution in [0, 0.1) is 0 Å². The highest BCUT2D eigenvalue weighted by atomic mass is 32.2. The number of carbonyl (C=O) groups excluding carboxylic acids is 1. The van der Waals surface area contributed by atoms with E-state index in [-0.39, 0.29) is 11.9 Å². The third kappa shape index (κ3) is 4.42. The zero-order valence-electron chi connectivity index (χ0n) is 12.1. The molecule has 0 aliphatic carbocycles. The first-order chi connectivity index (χ1) is 9.11. The van der Waals surface area contributed by atoms with Crippen LogP contribution in [0.3, 0.4) is 0 Å². The third-order valence-corrected chi connectivity index (χ3v) is 3.78. The molecule has 4 nitrogen and oxygen atoms in total. The Hall–Kier alpha value is -1.23. The zero-order valence-corrected chi connectivity index (χ0v) is 13.0. The number of amides is 1. The van der Waals surface area contributed by atoms with Crippen LogP contribution in [0.1, 0.15) is 30.6 Å². The van der Waals surface area contributed by atoms with Crippen molar-refractivity contribution in [2.24, 2.45) is 0 Å². The van der Waals surface area contributed by atoms with Crippen LogP contribution < -0.4 is 5.32 Å². The van der Waals surface area contributed by atoms with E-state index in [0.717, 1.165) is 24.4 Å². The lowest BCUT2D eigenvalue weighted by atomic mass is 10.1. The van der Waals surface area contributed by atoms with Crippen LogP contribution in [-0.2, 0) is 0 Å². The van der Waals surface area contributed by atoms with Gasteiger partial charge in [0, 0.05) is 32.0 Å². The van der Waals surface area contributed by atoms with E-state index in [1.54, 1.807) is 29.1 Å². The summed E-state index contributed by atoms with van der Waals surface area (Å²) in [5.74, 6) is 1.09. The van der Waals surface area contributed by atoms with Crippen molar-refractivity contribution < 1.29 is 4.79 Å². The Labute approximate surface area is 120 Å². The molecule has 1 rings (SSSR count). The maximum Gasteiger partial charge on any atom is 0.257 e. The van der Waals surface area contributed by atoms with Crippen molar-refractivity contribution in [3.63, 3.8) is 0 Å². The van der Waals surface area contributed by atoms with E-state index in [4.69, 9.17) is 0 Å². The van der Waals surface area contributed by atoms with E-state index in [0.29, 0.717) is 5.56 Å². The zero-order chi connectivity index (χ0) is 14.3. The van der Waals surface area contributed by atoms with Crippen molar-refractivity contribution in [2.45, 2.75) is 26.3 Å². The minimum atomic E-state index is 0.0256. The lowest BCUT2D eigenvalue weighted by Crippen LogP contribution is -2.35. The normalized spacial score (nSPS) is 12.0. The van der Waals surface area contributed by atoms with Gasteiger partial charge >= 0.3 is 0 Å². The first kappa shape index (κ1) is 15.8. The second-order valence-corrected chi connectivity index (χ2v) is 5.48. The maximum atomic E-state index is 12.5. The lowest BCUT2D eigenvalue weighted by Gasteiger charge is -2.25. The van der Waals surface area contributed by atoms with Gasteiger partial charge in [0.15, 0.2) is 0 Å². The minimum Gasteiger partial charge on any atom is -0.385 e. The summed E-state index contributed by atoms with van der Waals surface area (Å²) in [5.41, 5.74) is 1.49. The average molecular weight is 281 g/mol. The average Bonchev–Trinajstić information content (AvgIpc) is 2.44. The van der Waals surface area contributed by atoms with E-state index in [9.17, 15) is 4.79 Å². The number of hydrogen-bond acceptors (Lipinski definition) is 4. The molecule has 19 heavy (non-hydrogen) atoms. The van der Waals surface area contributed by atoms with Gasteiger partial charge in [-0.05, 0) is 38.3 Å². The molecule has 1 N–H and O–H groups in total. The van der Waals surface area contributed by atoms with E-state index in [1.807, 2.05) is 20.0 Å². The SMILES string of the molecule is CCNc1ccncc1C(=O)N(C)C(C)CCSC. The third-order valence-electron chi connectivity index (χ3n) is 3.14. The molecule has 1 atom stereocenters. The van der Waals surface area contributed by atoms with Crippen LogP contribution in [0.2, 0.25) is 0 Å². The Bertz CT molecular complexity index is 411. The summed E-state index contributed by atoms with van der Waals surface area (Å²) in [4.78, 5) is 18.3. The van der Waals surface area contributed by atoms with Gasteiger partial charge in [0.2, 0.25) is 0 Å². The molecule has 5 heteroatoms. The van der Waals surface area contributed by atoms with Crippen molar-refractivity contribution in [1.82, 2.24) is 9.88 Å². The lowest BCUT2D eigenvalue weighted by molar-refractivity contribution is 0.0742. The first-order valence-corrected chi connectivity index (χ1v) is 7.95.